The van der Waals surface area contributed by atoms with E-state index in [1.807, 2.05) is 53.4 Å². The molecule has 0 saturated carbocycles. The van der Waals surface area contributed by atoms with Crippen LogP contribution in [0.4, 0.5) is 4.39 Å². The molecule has 116 valence electrons. The fourth-order valence-corrected chi connectivity index (χ4v) is 3.45. The maximum atomic E-state index is 14.0. The molecule has 3 nitrogen and oxygen atoms in total. The maximum Gasteiger partial charge on any atom is 0.321 e. The molecule has 0 aliphatic rings. The molecule has 3 aromatic rings. The van der Waals surface area contributed by atoms with Gasteiger partial charge in [-0.15, -0.1) is 11.8 Å². The highest BCUT2D eigenvalue weighted by molar-refractivity contribution is 8.00. The van der Waals surface area contributed by atoms with Crippen molar-refractivity contribution in [2.75, 3.05) is 0 Å². The van der Waals surface area contributed by atoms with E-state index in [1.54, 1.807) is 12.1 Å². The van der Waals surface area contributed by atoms with E-state index in [0.717, 1.165) is 22.3 Å². The third kappa shape index (κ3) is 3.29. The summed E-state index contributed by atoms with van der Waals surface area (Å²) in [4.78, 5) is 12.4. The number of aliphatic carboxylic acids is 1. The topological polar surface area (TPSA) is 42.2 Å². The SMILES string of the molecule is O=C(O)C(Sc1ccccc1-n1cccc1)c1ccccc1F. The summed E-state index contributed by atoms with van der Waals surface area (Å²) in [7, 11) is 0. The van der Waals surface area contributed by atoms with Gasteiger partial charge in [-0.05, 0) is 30.3 Å². The van der Waals surface area contributed by atoms with Gasteiger partial charge in [-0.1, -0.05) is 30.3 Å². The summed E-state index contributed by atoms with van der Waals surface area (Å²) in [6.07, 6.45) is 3.77. The summed E-state index contributed by atoms with van der Waals surface area (Å²) in [6, 6.07) is 17.3. The number of nitrogens with zero attached hydrogens (tertiary/aromatic N) is 1. The van der Waals surface area contributed by atoms with Gasteiger partial charge in [0.2, 0.25) is 0 Å². The molecule has 0 amide bonds. The number of thioether (sulfide) groups is 1. The largest absolute Gasteiger partial charge is 0.480 e. The van der Waals surface area contributed by atoms with Gasteiger partial charge in [-0.3, -0.25) is 4.79 Å². The van der Waals surface area contributed by atoms with Crippen LogP contribution >= 0.6 is 11.8 Å². The van der Waals surface area contributed by atoms with Crippen LogP contribution < -0.4 is 0 Å². The molecule has 0 spiro atoms. The van der Waals surface area contributed by atoms with Gasteiger partial charge in [0.15, 0.2) is 0 Å². The Morgan fingerprint density at radius 3 is 2.35 bits per heavy atom. The summed E-state index contributed by atoms with van der Waals surface area (Å²) in [5, 5.41) is 8.53. The number of para-hydroxylation sites is 1. The van der Waals surface area contributed by atoms with E-state index in [1.165, 1.54) is 12.1 Å². The summed E-state index contributed by atoms with van der Waals surface area (Å²) in [5.41, 5.74) is 1.04. The average molecular weight is 327 g/mol. The number of carbonyl (C=O) groups is 1. The molecule has 1 aromatic heterocycles. The molecule has 0 radical (unpaired) electrons. The van der Waals surface area contributed by atoms with Crippen molar-refractivity contribution in [1.82, 2.24) is 4.57 Å². The number of carboxylic acid groups (broad SMARTS) is 1. The third-order valence-electron chi connectivity index (χ3n) is 3.40. The van der Waals surface area contributed by atoms with Crippen LogP contribution in [0.25, 0.3) is 5.69 Å². The van der Waals surface area contributed by atoms with E-state index in [9.17, 15) is 14.3 Å². The maximum absolute atomic E-state index is 14.0. The zero-order valence-corrected chi connectivity index (χ0v) is 12.9. The Kier molecular flexibility index (Phi) is 4.48. The van der Waals surface area contributed by atoms with Crippen molar-refractivity contribution >= 4 is 17.7 Å². The van der Waals surface area contributed by atoms with Gasteiger partial charge in [0.05, 0.1) is 5.69 Å². The van der Waals surface area contributed by atoms with Crippen molar-refractivity contribution in [1.29, 1.82) is 0 Å². The van der Waals surface area contributed by atoms with E-state index >= 15 is 0 Å². The van der Waals surface area contributed by atoms with Gasteiger partial charge in [0.1, 0.15) is 11.1 Å². The zero-order valence-electron chi connectivity index (χ0n) is 12.1. The van der Waals surface area contributed by atoms with E-state index in [2.05, 4.69) is 0 Å². The molecule has 0 aliphatic carbocycles. The fourth-order valence-electron chi connectivity index (χ4n) is 2.33. The van der Waals surface area contributed by atoms with Crippen molar-refractivity contribution < 1.29 is 14.3 Å². The molecule has 3 rings (SSSR count). The Balaban J connectivity index is 2.00. The summed E-state index contributed by atoms with van der Waals surface area (Å²) in [6.45, 7) is 0. The van der Waals surface area contributed by atoms with Gasteiger partial charge in [0, 0.05) is 22.9 Å². The van der Waals surface area contributed by atoms with E-state index in [-0.39, 0.29) is 5.56 Å². The van der Waals surface area contributed by atoms with Crippen molar-refractivity contribution in [3.8, 4) is 5.69 Å². The van der Waals surface area contributed by atoms with Crippen LogP contribution in [0.1, 0.15) is 10.8 Å². The molecular weight excluding hydrogens is 313 g/mol. The lowest BCUT2D eigenvalue weighted by Gasteiger charge is -2.16. The second-order valence-corrected chi connectivity index (χ2v) is 6.06. The number of rotatable bonds is 5. The molecule has 1 unspecified atom stereocenters. The molecule has 0 saturated heterocycles. The number of aromatic nitrogens is 1. The molecule has 1 atom stereocenters. The second-order valence-electron chi connectivity index (χ2n) is 4.92. The quantitative estimate of drug-likeness (QED) is 0.700. The molecule has 1 heterocycles. The van der Waals surface area contributed by atoms with Crippen LogP contribution in [0.3, 0.4) is 0 Å². The first-order valence-electron chi connectivity index (χ1n) is 7.03. The second kappa shape index (κ2) is 6.71. The predicted octanol–water partition coefficient (Wildman–Crippen LogP) is 4.53. The van der Waals surface area contributed by atoms with Gasteiger partial charge >= 0.3 is 5.97 Å². The van der Waals surface area contributed by atoms with Crippen LogP contribution in [0, 0.1) is 5.82 Å². The number of carboxylic acids is 1. The summed E-state index contributed by atoms with van der Waals surface area (Å²) in [5.74, 6) is -1.58. The van der Waals surface area contributed by atoms with Crippen LogP contribution in [-0.2, 0) is 4.79 Å². The minimum atomic E-state index is -1.07. The lowest BCUT2D eigenvalue weighted by Crippen LogP contribution is -2.10. The van der Waals surface area contributed by atoms with Crippen LogP contribution in [-0.4, -0.2) is 15.6 Å². The third-order valence-corrected chi connectivity index (χ3v) is 4.70. The highest BCUT2D eigenvalue weighted by Gasteiger charge is 2.25. The van der Waals surface area contributed by atoms with Gasteiger partial charge in [-0.25, -0.2) is 4.39 Å². The van der Waals surface area contributed by atoms with E-state index in [0.29, 0.717) is 0 Å². The molecule has 1 N–H and O–H groups in total. The van der Waals surface area contributed by atoms with Gasteiger partial charge in [0.25, 0.3) is 0 Å². The average Bonchev–Trinajstić information content (AvgIpc) is 3.08. The van der Waals surface area contributed by atoms with Crippen molar-refractivity contribution in [2.45, 2.75) is 10.1 Å². The highest BCUT2D eigenvalue weighted by Crippen LogP contribution is 2.39. The van der Waals surface area contributed by atoms with E-state index in [4.69, 9.17) is 0 Å². The summed E-state index contributed by atoms with van der Waals surface area (Å²) < 4.78 is 15.9. The highest BCUT2D eigenvalue weighted by atomic mass is 32.2. The Hall–Kier alpha value is -2.53. The molecule has 5 heteroatoms. The minimum Gasteiger partial charge on any atom is -0.480 e. The lowest BCUT2D eigenvalue weighted by molar-refractivity contribution is -0.136. The molecule has 0 fully saturated rings. The first-order chi connectivity index (χ1) is 11.2. The normalized spacial score (nSPS) is 12.0. The van der Waals surface area contributed by atoms with Gasteiger partial charge in [-0.2, -0.15) is 0 Å². The smallest absolute Gasteiger partial charge is 0.321 e. The Morgan fingerprint density at radius 2 is 1.65 bits per heavy atom. The molecule has 23 heavy (non-hydrogen) atoms. The number of benzene rings is 2. The molecular formula is C18H14FNO2S. The molecule has 0 bridgehead atoms. The number of halogens is 1. The fraction of sp³-hybridized carbons (Fsp3) is 0.0556. The summed E-state index contributed by atoms with van der Waals surface area (Å²) >= 11 is 1.13. The predicted molar refractivity (Wildman–Crippen MR) is 88.4 cm³/mol. The first kappa shape index (κ1) is 15.4. The Labute approximate surface area is 137 Å². The van der Waals surface area contributed by atoms with Crippen molar-refractivity contribution in [3.63, 3.8) is 0 Å². The first-order valence-corrected chi connectivity index (χ1v) is 7.91. The standard InChI is InChI=1S/C18H14FNO2S/c19-14-8-2-1-7-13(14)17(18(21)22)23-16-10-4-3-9-15(16)20-11-5-6-12-20/h1-12,17H,(H,21,22). The van der Waals surface area contributed by atoms with E-state index < -0.39 is 17.0 Å². The monoisotopic (exact) mass is 327 g/mol. The van der Waals surface area contributed by atoms with Crippen LogP contribution in [0.5, 0.6) is 0 Å². The Bertz CT molecular complexity index is 817. The zero-order chi connectivity index (χ0) is 16.2. The number of hydrogen-bond donors (Lipinski definition) is 1. The molecule has 0 aliphatic heterocycles. The van der Waals surface area contributed by atoms with Crippen LogP contribution in [0.15, 0.2) is 78.0 Å². The Morgan fingerprint density at radius 1 is 1.00 bits per heavy atom. The number of hydrogen-bond acceptors (Lipinski definition) is 2. The minimum absolute atomic E-state index is 0.173. The molecule has 2 aromatic carbocycles. The van der Waals surface area contributed by atoms with Crippen molar-refractivity contribution in [2.24, 2.45) is 0 Å². The van der Waals surface area contributed by atoms with Crippen molar-refractivity contribution in [3.05, 3.63) is 84.4 Å². The van der Waals surface area contributed by atoms with Crippen LogP contribution in [0.2, 0.25) is 0 Å². The lowest BCUT2D eigenvalue weighted by atomic mass is 10.1. The van der Waals surface area contributed by atoms with Gasteiger partial charge < -0.3 is 9.67 Å².